The molecule has 1 heterocycles. The lowest BCUT2D eigenvalue weighted by Gasteiger charge is -2.25. The number of hydrogen-bond acceptors (Lipinski definition) is 4. The van der Waals surface area contributed by atoms with E-state index in [2.05, 4.69) is 4.98 Å². The van der Waals surface area contributed by atoms with Crippen molar-refractivity contribution in [2.24, 2.45) is 0 Å². The van der Waals surface area contributed by atoms with Gasteiger partial charge in [0.15, 0.2) is 9.84 Å². The molecule has 3 rings (SSSR count). The molecular formula is C15H16ClNO4S. The fourth-order valence-electron chi connectivity index (χ4n) is 2.63. The highest BCUT2D eigenvalue weighted by atomic mass is 35.5. The van der Waals surface area contributed by atoms with E-state index in [1.165, 1.54) is 0 Å². The quantitative estimate of drug-likeness (QED) is 0.865. The van der Waals surface area contributed by atoms with Gasteiger partial charge in [0.05, 0.1) is 11.9 Å². The normalized spacial score (nSPS) is 15.7. The molecule has 1 aliphatic rings. The highest BCUT2D eigenvalue weighted by Crippen LogP contribution is 2.37. The van der Waals surface area contributed by atoms with Crippen LogP contribution in [0.25, 0.3) is 10.9 Å². The number of aromatic nitrogens is 1. The fraction of sp³-hybridized carbons (Fsp3) is 0.400. The minimum absolute atomic E-state index is 0.00832. The Bertz CT molecular complexity index is 837. The average Bonchev–Trinajstić information content (AvgIpc) is 2.75. The molecule has 0 spiro atoms. The van der Waals surface area contributed by atoms with Gasteiger partial charge in [-0.3, -0.25) is 0 Å². The number of esters is 1. The third-order valence-electron chi connectivity index (χ3n) is 3.97. The van der Waals surface area contributed by atoms with Crippen molar-refractivity contribution in [3.8, 4) is 0 Å². The molecule has 0 aliphatic heterocycles. The highest BCUT2D eigenvalue weighted by molar-refractivity contribution is 7.92. The first kappa shape index (κ1) is 15.4. The van der Waals surface area contributed by atoms with Crippen LogP contribution in [0.3, 0.4) is 0 Å². The number of nitrogens with one attached hydrogen (secondary N) is 1. The van der Waals surface area contributed by atoms with E-state index in [0.717, 1.165) is 6.42 Å². The first-order valence-electron chi connectivity index (χ1n) is 7.17. The number of aromatic amines is 1. The van der Waals surface area contributed by atoms with Crippen LogP contribution >= 0.6 is 11.6 Å². The van der Waals surface area contributed by atoms with Crippen molar-refractivity contribution in [3.05, 3.63) is 28.9 Å². The molecule has 1 fully saturated rings. The SMILES string of the molecule is CCOC(=O)c1[nH]c2ccc(Cl)cc2c1S(=O)(=O)C1CCC1. The maximum absolute atomic E-state index is 12.9. The van der Waals surface area contributed by atoms with Gasteiger partial charge in [-0.05, 0) is 38.0 Å². The maximum Gasteiger partial charge on any atom is 0.356 e. The molecule has 7 heteroatoms. The summed E-state index contributed by atoms with van der Waals surface area (Å²) < 4.78 is 30.7. The van der Waals surface area contributed by atoms with Crippen molar-refractivity contribution in [2.45, 2.75) is 36.3 Å². The van der Waals surface area contributed by atoms with Gasteiger partial charge in [0.2, 0.25) is 0 Å². The molecule has 1 aromatic heterocycles. The fourth-order valence-corrected chi connectivity index (χ4v) is 4.98. The number of H-pyrrole nitrogens is 1. The van der Waals surface area contributed by atoms with Crippen LogP contribution in [0.4, 0.5) is 0 Å². The summed E-state index contributed by atoms with van der Waals surface area (Å²) in [5, 5.41) is 0.438. The van der Waals surface area contributed by atoms with Gasteiger partial charge in [0, 0.05) is 15.9 Å². The highest BCUT2D eigenvalue weighted by Gasteiger charge is 2.38. The van der Waals surface area contributed by atoms with Crippen LogP contribution in [0.5, 0.6) is 0 Å². The lowest BCUT2D eigenvalue weighted by molar-refractivity contribution is 0.0516. The van der Waals surface area contributed by atoms with Crippen LogP contribution in [0.2, 0.25) is 5.02 Å². The summed E-state index contributed by atoms with van der Waals surface area (Å²) in [5.74, 6) is -0.660. The van der Waals surface area contributed by atoms with Gasteiger partial charge in [-0.25, -0.2) is 13.2 Å². The van der Waals surface area contributed by atoms with E-state index in [-0.39, 0.29) is 17.2 Å². The predicted molar refractivity (Wildman–Crippen MR) is 84.1 cm³/mol. The largest absolute Gasteiger partial charge is 0.461 e. The molecular weight excluding hydrogens is 326 g/mol. The topological polar surface area (TPSA) is 76.2 Å². The van der Waals surface area contributed by atoms with Crippen molar-refractivity contribution in [1.82, 2.24) is 4.98 Å². The standard InChI is InChI=1S/C15H16ClNO4S/c1-2-21-15(18)13-14(22(19,20)10-4-3-5-10)11-8-9(16)6-7-12(11)17-13/h6-8,10,17H,2-5H2,1H3. The first-order valence-corrected chi connectivity index (χ1v) is 9.09. The van der Waals surface area contributed by atoms with E-state index in [0.29, 0.717) is 28.8 Å². The third kappa shape index (κ3) is 2.40. The van der Waals surface area contributed by atoms with Gasteiger partial charge < -0.3 is 9.72 Å². The molecule has 0 atom stereocenters. The van der Waals surface area contributed by atoms with Crippen LogP contribution in [-0.2, 0) is 14.6 Å². The number of carbonyl (C=O) groups excluding carboxylic acids is 1. The summed E-state index contributed by atoms with van der Waals surface area (Å²) in [4.78, 5) is 15.0. The second-order valence-corrected chi connectivity index (χ2v) is 7.94. The Labute approximate surface area is 133 Å². The van der Waals surface area contributed by atoms with E-state index in [1.54, 1.807) is 25.1 Å². The summed E-state index contributed by atoms with van der Waals surface area (Å²) >= 11 is 5.99. The summed E-state index contributed by atoms with van der Waals surface area (Å²) in [6, 6.07) is 4.89. The number of hydrogen-bond donors (Lipinski definition) is 1. The monoisotopic (exact) mass is 341 g/mol. The van der Waals surface area contributed by atoms with Gasteiger partial charge in [0.25, 0.3) is 0 Å². The lowest BCUT2D eigenvalue weighted by Crippen LogP contribution is -2.29. The Morgan fingerprint density at radius 3 is 2.73 bits per heavy atom. The molecule has 22 heavy (non-hydrogen) atoms. The van der Waals surface area contributed by atoms with Gasteiger partial charge in [0.1, 0.15) is 10.6 Å². The smallest absolute Gasteiger partial charge is 0.356 e. The molecule has 2 aromatic rings. The summed E-state index contributed by atoms with van der Waals surface area (Å²) in [5.41, 5.74) is 0.552. The van der Waals surface area contributed by atoms with Crippen LogP contribution in [0, 0.1) is 0 Å². The zero-order valence-corrected chi connectivity index (χ0v) is 13.6. The number of ether oxygens (including phenoxy) is 1. The Morgan fingerprint density at radius 1 is 1.41 bits per heavy atom. The summed E-state index contributed by atoms with van der Waals surface area (Å²) in [6.45, 7) is 1.86. The molecule has 1 aromatic carbocycles. The predicted octanol–water partition coefficient (Wildman–Crippen LogP) is 3.32. The number of carbonyl (C=O) groups is 1. The van der Waals surface area contributed by atoms with Crippen molar-refractivity contribution >= 4 is 38.3 Å². The van der Waals surface area contributed by atoms with Crippen LogP contribution in [0.15, 0.2) is 23.1 Å². The number of halogens is 1. The van der Waals surface area contributed by atoms with Crippen molar-refractivity contribution in [1.29, 1.82) is 0 Å². The average molecular weight is 342 g/mol. The molecule has 1 saturated carbocycles. The lowest BCUT2D eigenvalue weighted by atomic mass is 10.00. The number of rotatable bonds is 4. The van der Waals surface area contributed by atoms with E-state index in [9.17, 15) is 13.2 Å². The maximum atomic E-state index is 12.9. The van der Waals surface area contributed by atoms with Crippen molar-refractivity contribution in [3.63, 3.8) is 0 Å². The Balaban J connectivity index is 2.26. The Hall–Kier alpha value is -1.53. The summed E-state index contributed by atoms with van der Waals surface area (Å²) in [6.07, 6.45) is 2.14. The molecule has 5 nitrogen and oxygen atoms in total. The second-order valence-electron chi connectivity index (χ2n) is 5.34. The van der Waals surface area contributed by atoms with E-state index >= 15 is 0 Å². The zero-order chi connectivity index (χ0) is 15.9. The molecule has 0 unspecified atom stereocenters. The summed E-state index contributed by atoms with van der Waals surface area (Å²) in [7, 11) is -3.59. The number of sulfone groups is 1. The molecule has 0 amide bonds. The van der Waals surface area contributed by atoms with Crippen molar-refractivity contribution < 1.29 is 17.9 Å². The second kappa shape index (κ2) is 5.59. The molecule has 0 saturated heterocycles. The van der Waals surface area contributed by atoms with Gasteiger partial charge in [-0.15, -0.1) is 0 Å². The van der Waals surface area contributed by atoms with Gasteiger partial charge in [-0.1, -0.05) is 18.0 Å². The molecule has 0 radical (unpaired) electrons. The van der Waals surface area contributed by atoms with E-state index in [4.69, 9.17) is 16.3 Å². The minimum atomic E-state index is -3.59. The van der Waals surface area contributed by atoms with Crippen LogP contribution < -0.4 is 0 Å². The van der Waals surface area contributed by atoms with Gasteiger partial charge >= 0.3 is 5.97 Å². The van der Waals surface area contributed by atoms with Crippen molar-refractivity contribution in [2.75, 3.05) is 6.61 Å². The minimum Gasteiger partial charge on any atom is -0.461 e. The molecule has 1 N–H and O–H groups in total. The van der Waals surface area contributed by atoms with Gasteiger partial charge in [-0.2, -0.15) is 0 Å². The first-order chi connectivity index (χ1) is 10.4. The zero-order valence-electron chi connectivity index (χ0n) is 12.1. The van der Waals surface area contributed by atoms with Crippen LogP contribution in [-0.4, -0.2) is 31.2 Å². The Morgan fingerprint density at radius 2 is 2.14 bits per heavy atom. The molecule has 0 bridgehead atoms. The third-order valence-corrected chi connectivity index (χ3v) is 6.55. The molecule has 118 valence electrons. The number of benzene rings is 1. The van der Waals surface area contributed by atoms with E-state index < -0.39 is 21.1 Å². The molecule has 1 aliphatic carbocycles. The van der Waals surface area contributed by atoms with Crippen LogP contribution in [0.1, 0.15) is 36.7 Å². The number of fused-ring (bicyclic) bond motifs is 1. The van der Waals surface area contributed by atoms with E-state index in [1.807, 2.05) is 0 Å². The Kier molecular flexibility index (Phi) is 3.91.